The molecule has 0 radical (unpaired) electrons. The molecule has 0 unspecified atom stereocenters. The zero-order chi connectivity index (χ0) is 19.5. The molecule has 2 N–H and O–H groups in total. The first-order valence-electron chi connectivity index (χ1n) is 9.77. The van der Waals surface area contributed by atoms with Gasteiger partial charge in [0.15, 0.2) is 0 Å². The Morgan fingerprint density at radius 1 is 0.963 bits per heavy atom. The van der Waals surface area contributed by atoms with Gasteiger partial charge in [0.2, 0.25) is 10.0 Å². The van der Waals surface area contributed by atoms with Crippen molar-refractivity contribution in [3.8, 4) is 5.75 Å². The third kappa shape index (κ3) is 7.21. The number of rotatable bonds is 12. The maximum Gasteiger partial charge on any atom is 0.247 e. The first-order valence-corrected chi connectivity index (χ1v) is 11.4. The molecule has 0 bridgehead atoms. The average molecular weight is 391 g/mol. The summed E-state index contributed by atoms with van der Waals surface area (Å²) in [6.45, 7) is 2.20. The van der Waals surface area contributed by atoms with Crippen LogP contribution in [0.3, 0.4) is 0 Å². The van der Waals surface area contributed by atoms with Crippen molar-refractivity contribution in [1.82, 2.24) is 4.83 Å². The van der Waals surface area contributed by atoms with Gasteiger partial charge in [-0.2, -0.15) is 5.10 Å². The van der Waals surface area contributed by atoms with Gasteiger partial charge >= 0.3 is 0 Å². The van der Waals surface area contributed by atoms with E-state index < -0.39 is 10.0 Å². The Bertz CT molecular complexity index is 848. The summed E-state index contributed by atoms with van der Waals surface area (Å²) in [5.41, 5.74) is 0.503. The molecule has 27 heavy (non-hydrogen) atoms. The van der Waals surface area contributed by atoms with Crippen LogP contribution in [0, 0.1) is 0 Å². The number of aromatic hydroxyl groups is 1. The van der Waals surface area contributed by atoms with Crippen LogP contribution in [0.5, 0.6) is 5.75 Å². The van der Waals surface area contributed by atoms with Gasteiger partial charge < -0.3 is 5.11 Å². The largest absolute Gasteiger partial charge is 0.507 e. The van der Waals surface area contributed by atoms with E-state index in [0.717, 1.165) is 23.6 Å². The van der Waals surface area contributed by atoms with Gasteiger partial charge in [-0.3, -0.25) is 0 Å². The van der Waals surface area contributed by atoms with Gasteiger partial charge in [-0.05, 0) is 23.3 Å². The zero-order valence-corrected chi connectivity index (χ0v) is 16.8. The van der Waals surface area contributed by atoms with E-state index in [4.69, 9.17) is 0 Å². The quantitative estimate of drug-likeness (QED) is 0.306. The maximum atomic E-state index is 12.1. The summed E-state index contributed by atoms with van der Waals surface area (Å²) in [6.07, 6.45) is 10.2. The standard InChI is InChI=1S/C21H30N2O3S/c1-2-3-4-5-6-7-8-11-16-27(25,26)23-22-17-20-19-13-10-9-12-18(19)14-15-21(20)24/h9-10,12-15,17,23-24H,2-8,11,16H2,1H3/b22-17-. The molecule has 0 aliphatic carbocycles. The summed E-state index contributed by atoms with van der Waals surface area (Å²) in [5, 5.41) is 15.7. The number of fused-ring (bicyclic) bond motifs is 1. The molecule has 148 valence electrons. The molecule has 0 atom stereocenters. The monoisotopic (exact) mass is 390 g/mol. The van der Waals surface area contributed by atoms with Crippen LogP contribution in [0.15, 0.2) is 41.5 Å². The lowest BCUT2D eigenvalue weighted by Gasteiger charge is -2.06. The number of hydrogen-bond donors (Lipinski definition) is 2. The molecule has 0 amide bonds. The van der Waals surface area contributed by atoms with Gasteiger partial charge in [0.25, 0.3) is 0 Å². The predicted octanol–water partition coefficient (Wildman–Crippen LogP) is 4.94. The highest BCUT2D eigenvalue weighted by molar-refractivity contribution is 7.89. The fourth-order valence-corrected chi connectivity index (χ4v) is 3.95. The number of phenolic OH excluding ortho intramolecular Hbond substituents is 1. The third-order valence-electron chi connectivity index (χ3n) is 4.60. The number of benzene rings is 2. The summed E-state index contributed by atoms with van der Waals surface area (Å²) in [4.78, 5) is 2.25. The summed E-state index contributed by atoms with van der Waals surface area (Å²) < 4.78 is 24.1. The lowest BCUT2D eigenvalue weighted by Crippen LogP contribution is -2.21. The molecule has 0 saturated heterocycles. The molecule has 0 aliphatic rings. The van der Waals surface area contributed by atoms with Crippen molar-refractivity contribution in [2.24, 2.45) is 5.10 Å². The van der Waals surface area contributed by atoms with Gasteiger partial charge in [0, 0.05) is 5.56 Å². The molecule has 0 aliphatic heterocycles. The Balaban J connectivity index is 1.81. The van der Waals surface area contributed by atoms with Gasteiger partial charge in [-0.15, -0.1) is 0 Å². The van der Waals surface area contributed by atoms with Crippen LogP contribution in [0.2, 0.25) is 0 Å². The normalized spacial score (nSPS) is 12.0. The summed E-state index contributed by atoms with van der Waals surface area (Å²) in [6, 6.07) is 11.0. The Morgan fingerprint density at radius 3 is 2.37 bits per heavy atom. The van der Waals surface area contributed by atoms with Crippen molar-refractivity contribution in [3.05, 3.63) is 42.0 Å². The van der Waals surface area contributed by atoms with Crippen molar-refractivity contribution in [3.63, 3.8) is 0 Å². The highest BCUT2D eigenvalue weighted by atomic mass is 32.2. The smallest absolute Gasteiger partial charge is 0.247 e. The van der Waals surface area contributed by atoms with E-state index in [2.05, 4.69) is 16.9 Å². The Hall–Kier alpha value is -2.08. The minimum atomic E-state index is -3.45. The lowest BCUT2D eigenvalue weighted by atomic mass is 10.0. The fraction of sp³-hybridized carbons (Fsp3) is 0.476. The predicted molar refractivity (Wildman–Crippen MR) is 113 cm³/mol. The molecule has 0 heterocycles. The number of nitrogens with one attached hydrogen (secondary N) is 1. The van der Waals surface area contributed by atoms with Crippen LogP contribution in [0.4, 0.5) is 0 Å². The van der Waals surface area contributed by atoms with Crippen LogP contribution >= 0.6 is 0 Å². The summed E-state index contributed by atoms with van der Waals surface area (Å²) in [7, 11) is -3.45. The minimum absolute atomic E-state index is 0.0692. The maximum absolute atomic E-state index is 12.1. The van der Waals surface area contributed by atoms with E-state index >= 15 is 0 Å². The summed E-state index contributed by atoms with van der Waals surface area (Å²) in [5.74, 6) is 0.139. The lowest BCUT2D eigenvalue weighted by molar-refractivity contribution is 0.475. The first-order chi connectivity index (χ1) is 13.0. The second kappa shape index (κ2) is 10.9. The van der Waals surface area contributed by atoms with Crippen molar-refractivity contribution >= 4 is 27.0 Å². The number of unbranched alkanes of at least 4 members (excludes halogenated alkanes) is 7. The molecule has 5 nitrogen and oxygen atoms in total. The molecule has 0 aromatic heterocycles. The Kier molecular flexibility index (Phi) is 8.58. The van der Waals surface area contributed by atoms with Crippen LogP contribution in [-0.4, -0.2) is 25.5 Å². The van der Waals surface area contributed by atoms with E-state index in [1.807, 2.05) is 30.3 Å². The zero-order valence-electron chi connectivity index (χ0n) is 16.0. The molecule has 0 spiro atoms. The second-order valence-electron chi connectivity index (χ2n) is 6.86. The number of nitrogens with zero attached hydrogens (tertiary/aromatic N) is 1. The van der Waals surface area contributed by atoms with E-state index in [9.17, 15) is 13.5 Å². The summed E-state index contributed by atoms with van der Waals surface area (Å²) >= 11 is 0. The van der Waals surface area contributed by atoms with E-state index in [-0.39, 0.29) is 11.5 Å². The van der Waals surface area contributed by atoms with E-state index in [1.54, 1.807) is 6.07 Å². The van der Waals surface area contributed by atoms with Gasteiger partial charge in [0.05, 0.1) is 12.0 Å². The van der Waals surface area contributed by atoms with Crippen LogP contribution in [-0.2, 0) is 10.0 Å². The van der Waals surface area contributed by atoms with Crippen molar-refractivity contribution in [2.45, 2.75) is 58.3 Å². The number of hydrazone groups is 1. The molecule has 0 saturated carbocycles. The van der Waals surface area contributed by atoms with Crippen molar-refractivity contribution in [1.29, 1.82) is 0 Å². The highest BCUT2D eigenvalue weighted by Crippen LogP contribution is 2.25. The molecular weight excluding hydrogens is 360 g/mol. The SMILES string of the molecule is CCCCCCCCCCS(=O)(=O)N/N=C\c1c(O)ccc2ccccc12. The number of hydrogen-bond acceptors (Lipinski definition) is 4. The number of sulfonamides is 1. The van der Waals surface area contributed by atoms with Crippen LogP contribution < -0.4 is 4.83 Å². The van der Waals surface area contributed by atoms with Crippen LogP contribution in [0.25, 0.3) is 10.8 Å². The second-order valence-corrected chi connectivity index (χ2v) is 8.68. The third-order valence-corrected chi connectivity index (χ3v) is 5.81. The Labute approximate surface area is 162 Å². The van der Waals surface area contributed by atoms with E-state index in [0.29, 0.717) is 12.0 Å². The minimum Gasteiger partial charge on any atom is -0.507 e. The number of phenols is 1. The highest BCUT2D eigenvalue weighted by Gasteiger charge is 2.09. The average Bonchev–Trinajstić information content (AvgIpc) is 2.65. The fourth-order valence-electron chi connectivity index (χ4n) is 3.06. The first kappa shape index (κ1) is 21.2. The Morgan fingerprint density at radius 2 is 1.63 bits per heavy atom. The van der Waals surface area contributed by atoms with Crippen LogP contribution in [0.1, 0.15) is 63.9 Å². The molecule has 2 aromatic carbocycles. The van der Waals surface area contributed by atoms with Crippen molar-refractivity contribution < 1.29 is 13.5 Å². The molecular formula is C21H30N2O3S. The molecule has 2 rings (SSSR count). The van der Waals surface area contributed by atoms with E-state index in [1.165, 1.54) is 38.3 Å². The molecule has 2 aromatic rings. The van der Waals surface area contributed by atoms with Gasteiger partial charge in [0.1, 0.15) is 5.75 Å². The molecule has 6 heteroatoms. The van der Waals surface area contributed by atoms with Crippen molar-refractivity contribution in [2.75, 3.05) is 5.75 Å². The van der Waals surface area contributed by atoms with Gasteiger partial charge in [-0.1, -0.05) is 82.2 Å². The molecule has 0 fully saturated rings. The van der Waals surface area contributed by atoms with Gasteiger partial charge in [-0.25, -0.2) is 13.2 Å². The topological polar surface area (TPSA) is 78.8 Å².